The highest BCUT2D eigenvalue weighted by molar-refractivity contribution is 5.98. The Labute approximate surface area is 189 Å². The molecule has 3 N–H and O–H groups in total. The van der Waals surface area contributed by atoms with Crippen LogP contribution in [0.2, 0.25) is 0 Å². The normalized spacial score (nSPS) is 11.4. The Balaban J connectivity index is 1.44. The molecule has 162 valence electrons. The van der Waals surface area contributed by atoms with Crippen molar-refractivity contribution in [3.05, 3.63) is 73.5 Å². The maximum atomic E-state index is 5.27. The van der Waals surface area contributed by atoms with Gasteiger partial charge in [0.05, 0.1) is 34.8 Å². The van der Waals surface area contributed by atoms with E-state index in [1.165, 1.54) is 0 Å². The van der Waals surface area contributed by atoms with Gasteiger partial charge < -0.3 is 14.7 Å². The number of fused-ring (bicyclic) bond motifs is 2. The fourth-order valence-electron chi connectivity index (χ4n) is 4.13. The third-order valence-corrected chi connectivity index (χ3v) is 5.78. The molecule has 4 heterocycles. The van der Waals surface area contributed by atoms with E-state index in [0.717, 1.165) is 74.4 Å². The molecule has 0 saturated carbocycles. The van der Waals surface area contributed by atoms with Gasteiger partial charge in [-0.3, -0.25) is 10.1 Å². The number of benzene rings is 2. The van der Waals surface area contributed by atoms with Crippen molar-refractivity contribution in [3.8, 4) is 33.8 Å². The quantitative estimate of drug-likeness (QED) is 0.288. The minimum absolute atomic E-state index is 0.723. The molecular weight excluding hydrogens is 412 g/mol. The topological polar surface area (TPSA) is 95.4 Å². The number of H-pyrrole nitrogens is 2. The van der Waals surface area contributed by atoms with Crippen LogP contribution in [0.5, 0.6) is 0 Å². The predicted octanol–water partition coefficient (Wildman–Crippen LogP) is 6.25. The number of imidazole rings is 1. The number of nitrogens with zero attached hydrogens (tertiary/aromatic N) is 3. The first-order chi connectivity index (χ1) is 16.3. The van der Waals surface area contributed by atoms with Crippen LogP contribution in [-0.2, 0) is 0 Å². The van der Waals surface area contributed by atoms with Crippen LogP contribution >= 0.6 is 0 Å². The van der Waals surface area contributed by atoms with Crippen molar-refractivity contribution < 1.29 is 4.42 Å². The molecule has 7 nitrogen and oxygen atoms in total. The molecule has 6 rings (SSSR count). The van der Waals surface area contributed by atoms with Crippen molar-refractivity contribution in [1.29, 1.82) is 0 Å². The zero-order valence-corrected chi connectivity index (χ0v) is 18.1. The number of furan rings is 1. The van der Waals surface area contributed by atoms with Crippen LogP contribution in [0.3, 0.4) is 0 Å². The second-order valence-electron chi connectivity index (χ2n) is 8.02. The van der Waals surface area contributed by atoms with E-state index >= 15 is 0 Å². The van der Waals surface area contributed by atoms with Gasteiger partial charge in [0.15, 0.2) is 5.82 Å². The average molecular weight is 435 g/mol. The van der Waals surface area contributed by atoms with Crippen molar-refractivity contribution in [1.82, 2.24) is 25.1 Å². The number of para-hydroxylation sites is 1. The van der Waals surface area contributed by atoms with Crippen LogP contribution in [-0.4, -0.2) is 31.7 Å². The van der Waals surface area contributed by atoms with E-state index in [2.05, 4.69) is 50.6 Å². The Morgan fingerprint density at radius 3 is 2.82 bits per heavy atom. The highest BCUT2D eigenvalue weighted by atomic mass is 16.3. The van der Waals surface area contributed by atoms with E-state index in [9.17, 15) is 0 Å². The lowest BCUT2D eigenvalue weighted by molar-refractivity contribution is 0.568. The molecule has 33 heavy (non-hydrogen) atoms. The third kappa shape index (κ3) is 3.43. The molecule has 7 heteroatoms. The number of nitrogens with one attached hydrogen (secondary N) is 3. The van der Waals surface area contributed by atoms with Crippen molar-refractivity contribution in [2.75, 3.05) is 11.9 Å². The zero-order chi connectivity index (χ0) is 22.2. The van der Waals surface area contributed by atoms with Gasteiger partial charge in [-0.05, 0) is 42.3 Å². The van der Waals surface area contributed by atoms with Crippen LogP contribution in [0.25, 0.3) is 55.7 Å². The zero-order valence-electron chi connectivity index (χ0n) is 18.1. The van der Waals surface area contributed by atoms with Crippen molar-refractivity contribution in [2.24, 2.45) is 0 Å². The maximum absolute atomic E-state index is 5.27. The minimum atomic E-state index is 0.723. The Morgan fingerprint density at radius 1 is 0.970 bits per heavy atom. The standard InChI is InChI=1S/C26H22N6O/c1-2-9-28-19-11-18(13-27-14-19)16-6-7-22-21(12-16)25(32-31-22)26-29-23-5-3-4-20(24(23)30-26)17-8-10-33-15-17/h3-8,10-15,28H,2,9H2,1H3,(H,29,30)(H,31,32). The number of pyridine rings is 1. The lowest BCUT2D eigenvalue weighted by atomic mass is 10.0. The summed E-state index contributed by atoms with van der Waals surface area (Å²) < 4.78 is 5.27. The summed E-state index contributed by atoms with van der Waals surface area (Å²) in [7, 11) is 0. The van der Waals surface area contributed by atoms with E-state index in [0.29, 0.717) is 0 Å². The molecule has 0 atom stereocenters. The van der Waals surface area contributed by atoms with E-state index in [1.54, 1.807) is 12.5 Å². The fourth-order valence-corrected chi connectivity index (χ4v) is 4.13. The first-order valence-electron chi connectivity index (χ1n) is 11.0. The van der Waals surface area contributed by atoms with E-state index < -0.39 is 0 Å². The van der Waals surface area contributed by atoms with Gasteiger partial charge in [0.1, 0.15) is 5.69 Å². The molecule has 0 aliphatic heterocycles. The molecule has 0 aliphatic carbocycles. The Morgan fingerprint density at radius 2 is 1.94 bits per heavy atom. The molecule has 4 aromatic heterocycles. The molecule has 0 spiro atoms. The minimum Gasteiger partial charge on any atom is -0.472 e. The molecular formula is C26H22N6O. The Bertz CT molecular complexity index is 1560. The smallest absolute Gasteiger partial charge is 0.159 e. The molecule has 0 radical (unpaired) electrons. The largest absolute Gasteiger partial charge is 0.472 e. The Kier molecular flexibility index (Phi) is 4.65. The number of aromatic amines is 2. The van der Waals surface area contributed by atoms with Gasteiger partial charge >= 0.3 is 0 Å². The molecule has 0 saturated heterocycles. The first-order valence-corrected chi connectivity index (χ1v) is 11.0. The highest BCUT2D eigenvalue weighted by Crippen LogP contribution is 2.33. The number of hydrogen-bond donors (Lipinski definition) is 3. The lowest BCUT2D eigenvalue weighted by Crippen LogP contribution is -1.99. The first kappa shape index (κ1) is 19.3. The number of aromatic nitrogens is 5. The van der Waals surface area contributed by atoms with Crippen LogP contribution in [0.15, 0.2) is 77.9 Å². The number of rotatable bonds is 6. The molecule has 0 unspecified atom stereocenters. The van der Waals surface area contributed by atoms with Gasteiger partial charge in [-0.2, -0.15) is 5.10 Å². The monoisotopic (exact) mass is 434 g/mol. The number of anilines is 1. The summed E-state index contributed by atoms with van der Waals surface area (Å²) >= 11 is 0. The summed E-state index contributed by atoms with van der Waals surface area (Å²) in [5, 5.41) is 12.1. The van der Waals surface area contributed by atoms with Crippen molar-refractivity contribution in [3.63, 3.8) is 0 Å². The van der Waals surface area contributed by atoms with Gasteiger partial charge in [0.25, 0.3) is 0 Å². The van der Waals surface area contributed by atoms with E-state index in [-0.39, 0.29) is 0 Å². The second-order valence-corrected chi connectivity index (χ2v) is 8.02. The fraction of sp³-hybridized carbons (Fsp3) is 0.115. The van der Waals surface area contributed by atoms with Crippen molar-refractivity contribution >= 4 is 27.6 Å². The Hall–Kier alpha value is -4.39. The van der Waals surface area contributed by atoms with Gasteiger partial charge in [-0.15, -0.1) is 0 Å². The third-order valence-electron chi connectivity index (χ3n) is 5.78. The van der Waals surface area contributed by atoms with Crippen LogP contribution < -0.4 is 5.32 Å². The molecule has 0 amide bonds. The van der Waals surface area contributed by atoms with Crippen LogP contribution in [0.1, 0.15) is 13.3 Å². The molecule has 0 aliphatic rings. The molecule has 0 fully saturated rings. The SMILES string of the molecule is CCCNc1cncc(-c2ccc3[nH]nc(-c4nc5c(-c6ccoc6)cccc5[nH]4)c3c2)c1. The van der Waals surface area contributed by atoms with Crippen molar-refractivity contribution in [2.45, 2.75) is 13.3 Å². The van der Waals surface area contributed by atoms with E-state index in [1.807, 2.05) is 42.7 Å². The van der Waals surface area contributed by atoms with Gasteiger partial charge in [-0.1, -0.05) is 25.1 Å². The van der Waals surface area contributed by atoms with Crippen LogP contribution in [0, 0.1) is 0 Å². The average Bonchev–Trinajstić information content (AvgIpc) is 3.61. The lowest BCUT2D eigenvalue weighted by Gasteiger charge is -2.07. The van der Waals surface area contributed by atoms with Crippen LogP contribution in [0.4, 0.5) is 5.69 Å². The predicted molar refractivity (Wildman–Crippen MR) is 131 cm³/mol. The summed E-state index contributed by atoms with van der Waals surface area (Å²) in [4.78, 5) is 12.8. The summed E-state index contributed by atoms with van der Waals surface area (Å²) in [5.74, 6) is 0.723. The van der Waals surface area contributed by atoms with Gasteiger partial charge in [-0.25, -0.2) is 4.98 Å². The summed E-state index contributed by atoms with van der Waals surface area (Å²) in [6.45, 7) is 3.07. The van der Waals surface area contributed by atoms with Gasteiger partial charge in [0.2, 0.25) is 0 Å². The summed E-state index contributed by atoms with van der Waals surface area (Å²) in [6.07, 6.45) is 8.21. The number of hydrogen-bond acceptors (Lipinski definition) is 5. The molecule has 2 aromatic carbocycles. The van der Waals surface area contributed by atoms with E-state index in [4.69, 9.17) is 9.40 Å². The molecule has 6 aromatic rings. The van der Waals surface area contributed by atoms with Gasteiger partial charge in [0, 0.05) is 41.0 Å². The molecule has 0 bridgehead atoms. The highest BCUT2D eigenvalue weighted by Gasteiger charge is 2.16. The summed E-state index contributed by atoms with van der Waals surface area (Å²) in [6, 6.07) is 16.4. The second kappa shape index (κ2) is 7.94. The maximum Gasteiger partial charge on any atom is 0.159 e. The summed E-state index contributed by atoms with van der Waals surface area (Å²) in [5.41, 5.74) is 8.75.